The summed E-state index contributed by atoms with van der Waals surface area (Å²) < 4.78 is 10.5. The van der Waals surface area contributed by atoms with Crippen molar-refractivity contribution in [2.45, 2.75) is 19.4 Å². The van der Waals surface area contributed by atoms with Crippen LogP contribution in [0.2, 0.25) is 0 Å². The van der Waals surface area contributed by atoms with Crippen LogP contribution in [0.25, 0.3) is 0 Å². The molecular weight excluding hydrogens is 350 g/mol. The van der Waals surface area contributed by atoms with E-state index in [1.54, 1.807) is 25.3 Å². The van der Waals surface area contributed by atoms with Crippen LogP contribution in [-0.4, -0.2) is 48.0 Å². The predicted molar refractivity (Wildman–Crippen MR) is 99.6 cm³/mol. The molecule has 0 bridgehead atoms. The molecule has 2 aromatic rings. The normalized spacial score (nSPS) is 17.5. The molecule has 8 nitrogen and oxygen atoms in total. The van der Waals surface area contributed by atoms with E-state index >= 15 is 0 Å². The number of Topliss-reactive ketones (excluding diaryl/α,β-unsaturated/α-hetero) is 1. The molecule has 2 N–H and O–H groups in total. The third kappa shape index (κ3) is 4.46. The Morgan fingerprint density at radius 1 is 1.15 bits per heavy atom. The molecule has 3 rings (SSSR count). The summed E-state index contributed by atoms with van der Waals surface area (Å²) in [5.41, 5.74) is 0.184. The van der Waals surface area contributed by atoms with Gasteiger partial charge in [0, 0.05) is 36.3 Å². The van der Waals surface area contributed by atoms with Gasteiger partial charge < -0.3 is 14.5 Å². The van der Waals surface area contributed by atoms with E-state index in [9.17, 15) is 14.4 Å². The predicted octanol–water partition coefficient (Wildman–Crippen LogP) is 1.18. The van der Waals surface area contributed by atoms with E-state index < -0.39 is 11.2 Å². The number of hydrogen-bond donors (Lipinski definition) is 2. The molecule has 1 aliphatic heterocycles. The fraction of sp³-hybridized carbons (Fsp3) is 0.421. The molecule has 1 aromatic carbocycles. The second-order valence-corrected chi connectivity index (χ2v) is 6.62. The maximum Gasteiger partial charge on any atom is 0.325 e. The Labute approximate surface area is 156 Å². The Bertz CT molecular complexity index is 905. The van der Waals surface area contributed by atoms with Crippen molar-refractivity contribution in [3.63, 3.8) is 0 Å². The molecule has 1 saturated heterocycles. The van der Waals surface area contributed by atoms with Gasteiger partial charge in [-0.15, -0.1) is 0 Å². The van der Waals surface area contributed by atoms with Gasteiger partial charge in [-0.1, -0.05) is 0 Å². The SMILES string of the molecule is COc1ccc(C(=O)C2CCCN(Cc3cc(=O)[nH]c(=O)[nH]3)C2)cc1OC. The lowest BCUT2D eigenvalue weighted by atomic mass is 9.89. The first-order valence-electron chi connectivity index (χ1n) is 8.81. The lowest BCUT2D eigenvalue weighted by molar-refractivity contribution is 0.0809. The molecule has 0 spiro atoms. The van der Waals surface area contributed by atoms with E-state index in [1.165, 1.54) is 13.2 Å². The highest BCUT2D eigenvalue weighted by Crippen LogP contribution is 2.30. The summed E-state index contributed by atoms with van der Waals surface area (Å²) in [4.78, 5) is 42.7. The van der Waals surface area contributed by atoms with Crippen molar-refractivity contribution >= 4 is 5.78 Å². The van der Waals surface area contributed by atoms with Crippen LogP contribution in [0.1, 0.15) is 28.9 Å². The number of nitrogens with zero attached hydrogens (tertiary/aromatic N) is 1. The molecule has 1 aromatic heterocycles. The molecule has 0 aliphatic carbocycles. The van der Waals surface area contributed by atoms with Gasteiger partial charge in [0.25, 0.3) is 5.56 Å². The minimum absolute atomic E-state index is 0.0556. The summed E-state index contributed by atoms with van der Waals surface area (Å²) in [7, 11) is 3.09. The second-order valence-electron chi connectivity index (χ2n) is 6.62. The van der Waals surface area contributed by atoms with Crippen molar-refractivity contribution in [2.75, 3.05) is 27.3 Å². The number of rotatable bonds is 6. The van der Waals surface area contributed by atoms with Crippen molar-refractivity contribution in [1.82, 2.24) is 14.9 Å². The summed E-state index contributed by atoms with van der Waals surface area (Å²) in [6, 6.07) is 6.56. The van der Waals surface area contributed by atoms with Crippen molar-refractivity contribution in [3.8, 4) is 11.5 Å². The van der Waals surface area contributed by atoms with Crippen LogP contribution in [0.4, 0.5) is 0 Å². The zero-order valence-corrected chi connectivity index (χ0v) is 15.4. The summed E-state index contributed by atoms with van der Waals surface area (Å²) in [6.07, 6.45) is 1.67. The topological polar surface area (TPSA) is 104 Å². The monoisotopic (exact) mass is 373 g/mol. The van der Waals surface area contributed by atoms with Gasteiger partial charge in [-0.25, -0.2) is 4.79 Å². The molecule has 144 valence electrons. The Morgan fingerprint density at radius 2 is 1.93 bits per heavy atom. The summed E-state index contributed by atoms with van der Waals surface area (Å²) >= 11 is 0. The number of carbonyl (C=O) groups is 1. The largest absolute Gasteiger partial charge is 0.493 e. The van der Waals surface area contributed by atoms with E-state index in [0.29, 0.717) is 35.8 Å². The van der Waals surface area contributed by atoms with Gasteiger partial charge in [-0.3, -0.25) is 19.5 Å². The number of nitrogens with one attached hydrogen (secondary N) is 2. The molecule has 1 atom stereocenters. The summed E-state index contributed by atoms with van der Waals surface area (Å²) in [5.74, 6) is 1.01. The highest BCUT2D eigenvalue weighted by molar-refractivity contribution is 5.98. The van der Waals surface area contributed by atoms with Crippen LogP contribution in [0, 0.1) is 5.92 Å². The maximum absolute atomic E-state index is 12.9. The van der Waals surface area contributed by atoms with Gasteiger partial charge in [-0.05, 0) is 37.6 Å². The van der Waals surface area contributed by atoms with Gasteiger partial charge in [0.2, 0.25) is 0 Å². The minimum atomic E-state index is -0.521. The maximum atomic E-state index is 12.9. The molecule has 8 heteroatoms. The number of piperidine rings is 1. The van der Waals surface area contributed by atoms with E-state index in [2.05, 4.69) is 14.9 Å². The highest BCUT2D eigenvalue weighted by atomic mass is 16.5. The molecule has 0 amide bonds. The number of ether oxygens (including phenoxy) is 2. The zero-order chi connectivity index (χ0) is 19.4. The minimum Gasteiger partial charge on any atom is -0.493 e. The first kappa shape index (κ1) is 18.9. The molecule has 0 saturated carbocycles. The van der Waals surface area contributed by atoms with Crippen LogP contribution < -0.4 is 20.7 Å². The Morgan fingerprint density at radius 3 is 2.63 bits per heavy atom. The number of ketones is 1. The third-order valence-corrected chi connectivity index (χ3v) is 4.75. The van der Waals surface area contributed by atoms with Crippen molar-refractivity contribution in [3.05, 3.63) is 56.4 Å². The first-order chi connectivity index (χ1) is 13.0. The fourth-order valence-corrected chi connectivity index (χ4v) is 3.48. The smallest absolute Gasteiger partial charge is 0.325 e. The molecule has 0 radical (unpaired) electrons. The quantitative estimate of drug-likeness (QED) is 0.737. The van der Waals surface area contributed by atoms with Crippen LogP contribution in [-0.2, 0) is 6.54 Å². The van der Waals surface area contributed by atoms with Crippen molar-refractivity contribution in [2.24, 2.45) is 5.92 Å². The van der Waals surface area contributed by atoms with Gasteiger partial charge in [0.15, 0.2) is 17.3 Å². The van der Waals surface area contributed by atoms with Crippen LogP contribution in [0.15, 0.2) is 33.9 Å². The van der Waals surface area contributed by atoms with E-state index in [0.717, 1.165) is 19.4 Å². The third-order valence-electron chi connectivity index (χ3n) is 4.75. The molecule has 1 unspecified atom stereocenters. The lowest BCUT2D eigenvalue weighted by Crippen LogP contribution is -2.39. The van der Waals surface area contributed by atoms with E-state index in [-0.39, 0.29) is 11.7 Å². The van der Waals surface area contributed by atoms with E-state index in [4.69, 9.17) is 9.47 Å². The molecule has 2 heterocycles. The molecule has 1 aliphatic rings. The Kier molecular flexibility index (Phi) is 5.75. The van der Waals surface area contributed by atoms with Crippen LogP contribution >= 0.6 is 0 Å². The average molecular weight is 373 g/mol. The Balaban J connectivity index is 1.72. The summed E-state index contributed by atoms with van der Waals surface area (Å²) in [6.45, 7) is 1.81. The second kappa shape index (κ2) is 8.22. The highest BCUT2D eigenvalue weighted by Gasteiger charge is 2.27. The number of benzene rings is 1. The number of hydrogen-bond acceptors (Lipinski definition) is 6. The molecule has 1 fully saturated rings. The summed E-state index contributed by atoms with van der Waals surface area (Å²) in [5, 5.41) is 0. The number of aromatic amines is 2. The van der Waals surface area contributed by atoms with Crippen molar-refractivity contribution < 1.29 is 14.3 Å². The Hall–Kier alpha value is -2.87. The average Bonchev–Trinajstić information content (AvgIpc) is 2.66. The number of likely N-dealkylation sites (tertiary alicyclic amines) is 1. The number of aromatic nitrogens is 2. The number of H-pyrrole nitrogens is 2. The van der Waals surface area contributed by atoms with Crippen LogP contribution in [0.5, 0.6) is 11.5 Å². The molecule has 27 heavy (non-hydrogen) atoms. The van der Waals surface area contributed by atoms with Gasteiger partial charge >= 0.3 is 5.69 Å². The van der Waals surface area contributed by atoms with Gasteiger partial charge in [0.05, 0.1) is 14.2 Å². The number of methoxy groups -OCH3 is 2. The number of carbonyl (C=O) groups excluding carboxylic acids is 1. The fourth-order valence-electron chi connectivity index (χ4n) is 3.48. The van der Waals surface area contributed by atoms with Gasteiger partial charge in [0.1, 0.15) is 0 Å². The first-order valence-corrected chi connectivity index (χ1v) is 8.81. The molecular formula is C19H23N3O5. The van der Waals surface area contributed by atoms with Crippen LogP contribution in [0.3, 0.4) is 0 Å². The standard InChI is InChI=1S/C19H23N3O5/c1-26-15-6-5-12(8-16(15)27-2)18(24)13-4-3-7-22(10-13)11-14-9-17(23)21-19(25)20-14/h5-6,8-9,13H,3-4,7,10-11H2,1-2H3,(H2,20,21,23,25). The van der Waals surface area contributed by atoms with Gasteiger partial charge in [-0.2, -0.15) is 0 Å². The zero-order valence-electron chi connectivity index (χ0n) is 15.4. The van der Waals surface area contributed by atoms with E-state index in [1.807, 2.05) is 0 Å². The van der Waals surface area contributed by atoms with Crippen molar-refractivity contribution in [1.29, 1.82) is 0 Å². The lowest BCUT2D eigenvalue weighted by Gasteiger charge is -2.31.